The van der Waals surface area contributed by atoms with E-state index in [-0.39, 0.29) is 0 Å². The smallest absolute Gasteiger partial charge is 0.0721 e. The van der Waals surface area contributed by atoms with Gasteiger partial charge in [-0.2, -0.15) is 0 Å². The maximum atomic E-state index is 5.75. The zero-order valence-corrected chi connectivity index (χ0v) is 13.3. The third-order valence-corrected chi connectivity index (χ3v) is 3.52. The van der Waals surface area contributed by atoms with Crippen LogP contribution in [0.15, 0.2) is 53.0 Å². The molecular formula is C17H20BrNO. The second-order valence-corrected chi connectivity index (χ2v) is 5.64. The quantitative estimate of drug-likeness (QED) is 0.816. The van der Waals surface area contributed by atoms with Gasteiger partial charge in [-0.25, -0.2) is 0 Å². The summed E-state index contributed by atoms with van der Waals surface area (Å²) >= 11 is 3.47. The molecule has 0 heterocycles. The van der Waals surface area contributed by atoms with E-state index in [4.69, 9.17) is 4.74 Å². The van der Waals surface area contributed by atoms with Crippen LogP contribution in [0.1, 0.15) is 23.6 Å². The number of nitrogens with one attached hydrogen (secondary N) is 1. The minimum Gasteiger partial charge on any atom is -0.372 e. The fraction of sp³-hybridized carbons (Fsp3) is 0.294. The lowest BCUT2D eigenvalue weighted by atomic mass is 10.1. The monoisotopic (exact) mass is 333 g/mol. The van der Waals surface area contributed by atoms with Crippen LogP contribution in [0, 0.1) is 0 Å². The average Bonchev–Trinajstić information content (AvgIpc) is 2.46. The van der Waals surface area contributed by atoms with E-state index in [1.54, 1.807) is 0 Å². The first kappa shape index (κ1) is 15.2. The van der Waals surface area contributed by atoms with Crippen molar-refractivity contribution in [2.75, 3.05) is 6.54 Å². The van der Waals surface area contributed by atoms with Crippen molar-refractivity contribution >= 4 is 15.9 Å². The highest BCUT2D eigenvalue weighted by Crippen LogP contribution is 2.13. The summed E-state index contributed by atoms with van der Waals surface area (Å²) in [5.41, 5.74) is 3.70. The molecule has 0 aliphatic rings. The molecule has 0 spiro atoms. The third-order valence-electron chi connectivity index (χ3n) is 3.03. The first-order valence-electron chi connectivity index (χ1n) is 6.88. The molecule has 2 nitrogen and oxygen atoms in total. The Hall–Kier alpha value is -1.16. The highest BCUT2D eigenvalue weighted by molar-refractivity contribution is 9.10. The maximum absolute atomic E-state index is 5.75. The van der Waals surface area contributed by atoms with Crippen LogP contribution in [0.3, 0.4) is 0 Å². The lowest BCUT2D eigenvalue weighted by Crippen LogP contribution is -2.11. The Morgan fingerprint density at radius 1 is 0.950 bits per heavy atom. The van der Waals surface area contributed by atoms with Gasteiger partial charge in [0.25, 0.3) is 0 Å². The van der Waals surface area contributed by atoms with E-state index < -0.39 is 0 Å². The van der Waals surface area contributed by atoms with Crippen molar-refractivity contribution in [2.45, 2.75) is 26.7 Å². The van der Waals surface area contributed by atoms with Gasteiger partial charge in [0.05, 0.1) is 13.2 Å². The summed E-state index contributed by atoms with van der Waals surface area (Å²) in [5.74, 6) is 0. The molecule has 2 aromatic carbocycles. The highest BCUT2D eigenvalue weighted by Gasteiger charge is 1.97. The van der Waals surface area contributed by atoms with Gasteiger partial charge in [0.2, 0.25) is 0 Å². The topological polar surface area (TPSA) is 21.3 Å². The van der Waals surface area contributed by atoms with Crippen LogP contribution in [-0.4, -0.2) is 6.54 Å². The van der Waals surface area contributed by atoms with Crippen molar-refractivity contribution in [3.63, 3.8) is 0 Å². The summed E-state index contributed by atoms with van der Waals surface area (Å²) in [6.45, 7) is 5.32. The predicted octanol–water partition coefficient (Wildman–Crippen LogP) is 4.28. The van der Waals surface area contributed by atoms with Crippen molar-refractivity contribution < 1.29 is 4.74 Å². The summed E-state index contributed by atoms with van der Waals surface area (Å²) in [6.07, 6.45) is 0. The minimum atomic E-state index is 0.637. The Balaban J connectivity index is 1.79. The lowest BCUT2D eigenvalue weighted by Gasteiger charge is -2.07. The molecule has 0 atom stereocenters. The first-order valence-corrected chi connectivity index (χ1v) is 7.68. The second kappa shape index (κ2) is 8.20. The molecule has 2 aromatic rings. The fourth-order valence-electron chi connectivity index (χ4n) is 1.94. The number of ether oxygens (including phenoxy) is 1. The maximum Gasteiger partial charge on any atom is 0.0721 e. The lowest BCUT2D eigenvalue weighted by molar-refractivity contribution is 0.107. The molecule has 0 aliphatic heterocycles. The summed E-state index contributed by atoms with van der Waals surface area (Å²) in [6, 6.07) is 16.8. The van der Waals surface area contributed by atoms with E-state index in [1.165, 1.54) is 16.7 Å². The first-order chi connectivity index (χ1) is 9.78. The Morgan fingerprint density at radius 2 is 1.65 bits per heavy atom. The molecule has 20 heavy (non-hydrogen) atoms. The van der Waals surface area contributed by atoms with Crippen LogP contribution in [0.4, 0.5) is 0 Å². The summed E-state index contributed by atoms with van der Waals surface area (Å²) in [7, 11) is 0. The van der Waals surface area contributed by atoms with E-state index in [9.17, 15) is 0 Å². The second-order valence-electron chi connectivity index (χ2n) is 4.72. The van der Waals surface area contributed by atoms with E-state index >= 15 is 0 Å². The number of hydrogen-bond acceptors (Lipinski definition) is 2. The minimum absolute atomic E-state index is 0.637. The van der Waals surface area contributed by atoms with Crippen LogP contribution >= 0.6 is 15.9 Å². The Kier molecular flexibility index (Phi) is 6.25. The molecule has 0 aromatic heterocycles. The van der Waals surface area contributed by atoms with Gasteiger partial charge >= 0.3 is 0 Å². The largest absolute Gasteiger partial charge is 0.372 e. The zero-order chi connectivity index (χ0) is 14.2. The standard InChI is InChI=1S/C17H20BrNO/c1-2-19-11-14-6-8-15(9-7-14)12-20-13-16-4-3-5-17(18)10-16/h3-10,19H,2,11-13H2,1H3. The number of benzene rings is 2. The molecule has 0 unspecified atom stereocenters. The van der Waals surface area contributed by atoms with E-state index in [0.717, 1.165) is 17.6 Å². The number of hydrogen-bond donors (Lipinski definition) is 1. The van der Waals surface area contributed by atoms with Crippen LogP contribution in [0.25, 0.3) is 0 Å². The molecule has 0 aliphatic carbocycles. The molecule has 1 N–H and O–H groups in total. The van der Waals surface area contributed by atoms with Gasteiger partial charge in [0.1, 0.15) is 0 Å². The van der Waals surface area contributed by atoms with Gasteiger partial charge in [-0.15, -0.1) is 0 Å². The molecule has 0 amide bonds. The predicted molar refractivity (Wildman–Crippen MR) is 86.5 cm³/mol. The van der Waals surface area contributed by atoms with Crippen molar-refractivity contribution in [3.8, 4) is 0 Å². The SMILES string of the molecule is CCNCc1ccc(COCc2cccc(Br)c2)cc1. The zero-order valence-electron chi connectivity index (χ0n) is 11.7. The summed E-state index contributed by atoms with van der Waals surface area (Å²) in [5, 5.41) is 3.32. The van der Waals surface area contributed by atoms with Crippen molar-refractivity contribution in [3.05, 3.63) is 69.7 Å². The Labute approximate surface area is 129 Å². The summed E-state index contributed by atoms with van der Waals surface area (Å²) in [4.78, 5) is 0. The van der Waals surface area contributed by atoms with E-state index in [0.29, 0.717) is 13.2 Å². The van der Waals surface area contributed by atoms with Crippen molar-refractivity contribution in [2.24, 2.45) is 0 Å². The number of halogens is 1. The fourth-order valence-corrected chi connectivity index (χ4v) is 2.38. The van der Waals surface area contributed by atoms with Crippen molar-refractivity contribution in [1.29, 1.82) is 0 Å². The molecule has 0 saturated carbocycles. The molecule has 0 fully saturated rings. The van der Waals surface area contributed by atoms with Gasteiger partial charge in [-0.05, 0) is 35.4 Å². The van der Waals surface area contributed by atoms with Gasteiger partial charge in [0, 0.05) is 11.0 Å². The van der Waals surface area contributed by atoms with Gasteiger partial charge in [-0.1, -0.05) is 59.3 Å². The van der Waals surface area contributed by atoms with E-state index in [2.05, 4.69) is 64.6 Å². The molecule has 3 heteroatoms. The van der Waals surface area contributed by atoms with Gasteiger partial charge in [-0.3, -0.25) is 0 Å². The van der Waals surface area contributed by atoms with Crippen LogP contribution in [0.2, 0.25) is 0 Å². The Bertz CT molecular complexity index is 525. The molecular weight excluding hydrogens is 314 g/mol. The van der Waals surface area contributed by atoms with Crippen LogP contribution in [-0.2, 0) is 24.5 Å². The molecule has 0 radical (unpaired) electrons. The molecule has 0 saturated heterocycles. The summed E-state index contributed by atoms with van der Waals surface area (Å²) < 4.78 is 6.83. The number of rotatable bonds is 7. The molecule has 106 valence electrons. The van der Waals surface area contributed by atoms with Gasteiger partial charge in [0.15, 0.2) is 0 Å². The van der Waals surface area contributed by atoms with Crippen LogP contribution < -0.4 is 5.32 Å². The molecule has 0 bridgehead atoms. The Morgan fingerprint density at radius 3 is 2.35 bits per heavy atom. The normalized spacial score (nSPS) is 10.7. The average molecular weight is 334 g/mol. The van der Waals surface area contributed by atoms with Gasteiger partial charge < -0.3 is 10.1 Å². The molecule has 2 rings (SSSR count). The third kappa shape index (κ3) is 5.08. The van der Waals surface area contributed by atoms with E-state index in [1.807, 2.05) is 12.1 Å². The van der Waals surface area contributed by atoms with Crippen LogP contribution in [0.5, 0.6) is 0 Å². The van der Waals surface area contributed by atoms with Crippen molar-refractivity contribution in [1.82, 2.24) is 5.32 Å². The highest BCUT2D eigenvalue weighted by atomic mass is 79.9.